The summed E-state index contributed by atoms with van der Waals surface area (Å²) in [6, 6.07) is -0.400. The number of primary amides is 1. The SMILES string of the molecule is NC(=O)C1CCC(=O)N1C1CCN(C(=O)CCC2CCCC2)CC1. The van der Waals surface area contributed by atoms with E-state index in [1.807, 2.05) is 4.90 Å². The van der Waals surface area contributed by atoms with E-state index in [-0.39, 0.29) is 17.9 Å². The number of nitrogens with two attached hydrogens (primary N) is 1. The van der Waals surface area contributed by atoms with Gasteiger partial charge in [-0.1, -0.05) is 25.7 Å². The van der Waals surface area contributed by atoms with Gasteiger partial charge in [-0.3, -0.25) is 14.4 Å². The quantitative estimate of drug-likeness (QED) is 0.825. The molecule has 2 heterocycles. The van der Waals surface area contributed by atoms with Crippen molar-refractivity contribution in [2.45, 2.75) is 76.3 Å². The lowest BCUT2D eigenvalue weighted by molar-refractivity contribution is -0.139. The van der Waals surface area contributed by atoms with E-state index in [0.717, 1.165) is 25.2 Å². The predicted octanol–water partition coefficient (Wildman–Crippen LogP) is 1.42. The molecule has 1 saturated carbocycles. The van der Waals surface area contributed by atoms with Crippen LogP contribution in [0.15, 0.2) is 0 Å². The first-order valence-electron chi connectivity index (χ1n) is 9.44. The van der Waals surface area contributed by atoms with Crippen molar-refractivity contribution in [1.29, 1.82) is 0 Å². The van der Waals surface area contributed by atoms with Gasteiger partial charge in [-0.15, -0.1) is 0 Å². The average Bonchev–Trinajstić information content (AvgIpc) is 3.22. The fourth-order valence-corrected chi connectivity index (χ4v) is 4.62. The van der Waals surface area contributed by atoms with Crippen molar-refractivity contribution in [3.63, 3.8) is 0 Å². The fraction of sp³-hybridized carbons (Fsp3) is 0.833. The maximum Gasteiger partial charge on any atom is 0.240 e. The van der Waals surface area contributed by atoms with Crippen LogP contribution in [0.25, 0.3) is 0 Å². The Kier molecular flexibility index (Phi) is 5.41. The minimum absolute atomic E-state index is 0.0322. The molecule has 134 valence electrons. The molecule has 3 amide bonds. The Labute approximate surface area is 143 Å². The second kappa shape index (κ2) is 7.53. The highest BCUT2D eigenvalue weighted by Gasteiger charge is 2.40. The van der Waals surface area contributed by atoms with Crippen LogP contribution in [0.5, 0.6) is 0 Å². The van der Waals surface area contributed by atoms with Gasteiger partial charge >= 0.3 is 0 Å². The summed E-state index contributed by atoms with van der Waals surface area (Å²) in [5, 5.41) is 0. The highest BCUT2D eigenvalue weighted by atomic mass is 16.2. The molecule has 3 aliphatic rings. The Hall–Kier alpha value is -1.59. The van der Waals surface area contributed by atoms with Crippen LogP contribution in [0, 0.1) is 5.92 Å². The van der Waals surface area contributed by atoms with E-state index in [9.17, 15) is 14.4 Å². The summed E-state index contributed by atoms with van der Waals surface area (Å²) in [5.41, 5.74) is 5.43. The third kappa shape index (κ3) is 3.73. The Balaban J connectivity index is 1.47. The maximum absolute atomic E-state index is 12.4. The van der Waals surface area contributed by atoms with E-state index in [2.05, 4.69) is 0 Å². The van der Waals surface area contributed by atoms with E-state index in [4.69, 9.17) is 5.73 Å². The third-order valence-electron chi connectivity index (χ3n) is 6.04. The second-order valence-corrected chi connectivity index (χ2v) is 7.56. The molecule has 0 spiro atoms. The molecule has 6 nitrogen and oxygen atoms in total. The summed E-state index contributed by atoms with van der Waals surface area (Å²) >= 11 is 0. The third-order valence-corrected chi connectivity index (χ3v) is 6.04. The summed E-state index contributed by atoms with van der Waals surface area (Å²) < 4.78 is 0. The van der Waals surface area contributed by atoms with E-state index in [1.54, 1.807) is 4.90 Å². The van der Waals surface area contributed by atoms with Gasteiger partial charge in [-0.05, 0) is 31.6 Å². The molecule has 1 atom stereocenters. The summed E-state index contributed by atoms with van der Waals surface area (Å²) in [7, 11) is 0. The van der Waals surface area contributed by atoms with Crippen LogP contribution >= 0.6 is 0 Å². The molecular weight excluding hydrogens is 306 g/mol. The van der Waals surface area contributed by atoms with E-state index in [1.165, 1.54) is 25.7 Å². The number of amides is 3. The van der Waals surface area contributed by atoms with E-state index >= 15 is 0 Å². The molecule has 0 aromatic carbocycles. The Morgan fingerprint density at radius 1 is 1.04 bits per heavy atom. The fourth-order valence-electron chi connectivity index (χ4n) is 4.62. The van der Waals surface area contributed by atoms with Gasteiger partial charge in [-0.2, -0.15) is 0 Å². The number of likely N-dealkylation sites (tertiary alicyclic amines) is 2. The molecule has 3 rings (SSSR count). The molecule has 1 unspecified atom stereocenters. The van der Waals surface area contributed by atoms with Gasteiger partial charge in [0.05, 0.1) is 0 Å². The first kappa shape index (κ1) is 17.2. The first-order valence-corrected chi connectivity index (χ1v) is 9.44. The zero-order chi connectivity index (χ0) is 17.1. The molecule has 1 aliphatic carbocycles. The van der Waals surface area contributed by atoms with Gasteiger partial charge in [-0.25, -0.2) is 0 Å². The van der Waals surface area contributed by atoms with Crippen LogP contribution in [-0.4, -0.2) is 52.7 Å². The topological polar surface area (TPSA) is 83.7 Å². The van der Waals surface area contributed by atoms with Crippen LogP contribution in [0.2, 0.25) is 0 Å². The summed E-state index contributed by atoms with van der Waals surface area (Å²) in [5.74, 6) is 0.616. The average molecular weight is 335 g/mol. The predicted molar refractivity (Wildman–Crippen MR) is 89.9 cm³/mol. The van der Waals surface area contributed by atoms with Gasteiger partial charge in [0.2, 0.25) is 17.7 Å². The smallest absolute Gasteiger partial charge is 0.240 e. The second-order valence-electron chi connectivity index (χ2n) is 7.56. The molecule has 3 fully saturated rings. The molecule has 24 heavy (non-hydrogen) atoms. The van der Waals surface area contributed by atoms with Gasteiger partial charge < -0.3 is 15.5 Å². The molecule has 0 aromatic rings. The molecule has 2 aliphatic heterocycles. The van der Waals surface area contributed by atoms with E-state index < -0.39 is 11.9 Å². The van der Waals surface area contributed by atoms with Gasteiger partial charge in [0.25, 0.3) is 0 Å². The highest BCUT2D eigenvalue weighted by molar-refractivity contribution is 5.90. The van der Waals surface area contributed by atoms with Crippen molar-refractivity contribution >= 4 is 17.7 Å². The van der Waals surface area contributed by atoms with Crippen molar-refractivity contribution in [3.8, 4) is 0 Å². The molecule has 6 heteroatoms. The van der Waals surface area contributed by atoms with Crippen molar-refractivity contribution in [2.75, 3.05) is 13.1 Å². The Morgan fingerprint density at radius 3 is 2.33 bits per heavy atom. The zero-order valence-electron chi connectivity index (χ0n) is 14.4. The molecule has 2 saturated heterocycles. The van der Waals surface area contributed by atoms with Crippen molar-refractivity contribution < 1.29 is 14.4 Å². The highest BCUT2D eigenvalue weighted by Crippen LogP contribution is 2.30. The molecular formula is C18H29N3O3. The van der Waals surface area contributed by atoms with Crippen molar-refractivity contribution in [1.82, 2.24) is 9.80 Å². The zero-order valence-corrected chi connectivity index (χ0v) is 14.4. The number of hydrogen-bond donors (Lipinski definition) is 1. The summed E-state index contributed by atoms with van der Waals surface area (Å²) in [4.78, 5) is 39.7. The molecule has 0 bridgehead atoms. The summed E-state index contributed by atoms with van der Waals surface area (Å²) in [6.07, 6.45) is 9.32. The van der Waals surface area contributed by atoms with Gasteiger partial charge in [0, 0.05) is 32.0 Å². The minimum Gasteiger partial charge on any atom is -0.368 e. The number of carbonyl (C=O) groups excluding carboxylic acids is 3. The molecule has 0 aromatic heterocycles. The lowest BCUT2D eigenvalue weighted by Crippen LogP contribution is -2.52. The number of piperidine rings is 1. The van der Waals surface area contributed by atoms with Crippen LogP contribution in [0.3, 0.4) is 0 Å². The number of nitrogens with zero attached hydrogens (tertiary/aromatic N) is 2. The number of carbonyl (C=O) groups is 3. The molecule has 2 N–H and O–H groups in total. The van der Waals surface area contributed by atoms with Crippen LogP contribution in [0.4, 0.5) is 0 Å². The number of hydrogen-bond acceptors (Lipinski definition) is 3. The van der Waals surface area contributed by atoms with Crippen molar-refractivity contribution in [3.05, 3.63) is 0 Å². The monoisotopic (exact) mass is 335 g/mol. The van der Waals surface area contributed by atoms with Crippen LogP contribution in [0.1, 0.15) is 64.2 Å². The van der Waals surface area contributed by atoms with Gasteiger partial charge in [0.15, 0.2) is 0 Å². The normalized spacial score (nSPS) is 26.3. The lowest BCUT2D eigenvalue weighted by atomic mass is 9.99. The summed E-state index contributed by atoms with van der Waals surface area (Å²) in [6.45, 7) is 1.37. The van der Waals surface area contributed by atoms with Crippen molar-refractivity contribution in [2.24, 2.45) is 11.7 Å². The Bertz CT molecular complexity index is 494. The lowest BCUT2D eigenvalue weighted by Gasteiger charge is -2.38. The largest absolute Gasteiger partial charge is 0.368 e. The number of rotatable bonds is 5. The van der Waals surface area contributed by atoms with E-state index in [0.29, 0.717) is 32.4 Å². The Morgan fingerprint density at radius 2 is 1.71 bits per heavy atom. The van der Waals surface area contributed by atoms with Gasteiger partial charge in [0.1, 0.15) is 6.04 Å². The van der Waals surface area contributed by atoms with Crippen LogP contribution < -0.4 is 5.73 Å². The van der Waals surface area contributed by atoms with Crippen LogP contribution in [-0.2, 0) is 14.4 Å². The molecule has 0 radical (unpaired) electrons. The minimum atomic E-state index is -0.452. The maximum atomic E-state index is 12.4. The first-order chi connectivity index (χ1) is 11.6. The standard InChI is InChI=1S/C18H29N3O3/c19-18(24)15-6-8-17(23)21(15)14-9-11-20(12-10-14)16(22)7-5-13-3-1-2-4-13/h13-15H,1-12H2,(H2,19,24).